The van der Waals surface area contributed by atoms with Gasteiger partial charge >= 0.3 is 0 Å². The van der Waals surface area contributed by atoms with Gasteiger partial charge in [0.1, 0.15) is 5.76 Å². The maximum Gasteiger partial charge on any atom is 0.208 e. The molecule has 0 aromatic carbocycles. The van der Waals surface area contributed by atoms with Gasteiger partial charge in [0.25, 0.3) is 0 Å². The van der Waals surface area contributed by atoms with E-state index in [0.29, 0.717) is 6.04 Å². The summed E-state index contributed by atoms with van der Waals surface area (Å²) in [4.78, 5) is 6.79. The number of fused-ring (bicyclic) bond motifs is 2. The molecule has 3 heterocycles. The molecule has 0 saturated carbocycles. The SMILES string of the molecule is Cc1cnc(CNC2CC3CCC(C2)N3C)o1. The molecular formula is C13H21N3O. The van der Waals surface area contributed by atoms with E-state index in [1.807, 2.05) is 6.92 Å². The van der Waals surface area contributed by atoms with Crippen LogP contribution in [0.15, 0.2) is 10.6 Å². The highest BCUT2D eigenvalue weighted by Gasteiger charge is 2.38. The van der Waals surface area contributed by atoms with Crippen molar-refractivity contribution < 1.29 is 4.42 Å². The molecule has 2 unspecified atom stereocenters. The predicted molar refractivity (Wildman–Crippen MR) is 65.7 cm³/mol. The number of hydrogen-bond acceptors (Lipinski definition) is 4. The lowest BCUT2D eigenvalue weighted by molar-refractivity contribution is 0.147. The van der Waals surface area contributed by atoms with Crippen molar-refractivity contribution in [3.05, 3.63) is 17.8 Å². The normalized spacial score (nSPS) is 33.2. The predicted octanol–water partition coefficient (Wildman–Crippen LogP) is 1.70. The average molecular weight is 235 g/mol. The quantitative estimate of drug-likeness (QED) is 0.865. The van der Waals surface area contributed by atoms with Gasteiger partial charge in [-0.1, -0.05) is 0 Å². The van der Waals surface area contributed by atoms with Crippen molar-refractivity contribution in [2.75, 3.05) is 7.05 Å². The van der Waals surface area contributed by atoms with E-state index in [0.717, 1.165) is 30.3 Å². The highest BCUT2D eigenvalue weighted by atomic mass is 16.4. The lowest BCUT2D eigenvalue weighted by Gasteiger charge is -2.36. The Balaban J connectivity index is 1.54. The molecule has 1 N–H and O–H groups in total. The molecule has 2 saturated heterocycles. The van der Waals surface area contributed by atoms with Crippen LogP contribution >= 0.6 is 0 Å². The number of nitrogens with zero attached hydrogens (tertiary/aromatic N) is 2. The summed E-state index contributed by atoms with van der Waals surface area (Å²) < 4.78 is 5.48. The summed E-state index contributed by atoms with van der Waals surface area (Å²) >= 11 is 0. The van der Waals surface area contributed by atoms with Gasteiger partial charge in [-0.05, 0) is 39.7 Å². The third kappa shape index (κ3) is 2.24. The highest BCUT2D eigenvalue weighted by molar-refractivity contribution is 4.97. The molecular weight excluding hydrogens is 214 g/mol. The van der Waals surface area contributed by atoms with Crippen LogP contribution in [0.5, 0.6) is 0 Å². The van der Waals surface area contributed by atoms with E-state index in [4.69, 9.17) is 4.42 Å². The van der Waals surface area contributed by atoms with Crippen molar-refractivity contribution in [2.24, 2.45) is 0 Å². The van der Waals surface area contributed by atoms with Crippen LogP contribution in [0.3, 0.4) is 0 Å². The van der Waals surface area contributed by atoms with Crippen LogP contribution in [0.2, 0.25) is 0 Å². The largest absolute Gasteiger partial charge is 0.445 e. The number of aromatic nitrogens is 1. The molecule has 3 rings (SSSR count). The topological polar surface area (TPSA) is 41.3 Å². The van der Waals surface area contributed by atoms with Crippen molar-refractivity contribution in [3.8, 4) is 0 Å². The van der Waals surface area contributed by atoms with Crippen molar-refractivity contribution in [1.82, 2.24) is 15.2 Å². The molecule has 1 aromatic rings. The number of hydrogen-bond donors (Lipinski definition) is 1. The fourth-order valence-electron chi connectivity index (χ4n) is 3.29. The van der Waals surface area contributed by atoms with E-state index >= 15 is 0 Å². The van der Waals surface area contributed by atoms with Crippen molar-refractivity contribution in [3.63, 3.8) is 0 Å². The molecule has 4 nitrogen and oxygen atoms in total. The fraction of sp³-hybridized carbons (Fsp3) is 0.769. The van der Waals surface area contributed by atoms with Crippen molar-refractivity contribution in [2.45, 2.75) is 57.3 Å². The Hall–Kier alpha value is -0.870. The van der Waals surface area contributed by atoms with Crippen LogP contribution in [-0.2, 0) is 6.54 Å². The lowest BCUT2D eigenvalue weighted by Crippen LogP contribution is -2.47. The minimum atomic E-state index is 0.635. The van der Waals surface area contributed by atoms with Gasteiger partial charge in [-0.15, -0.1) is 0 Å². The molecule has 2 aliphatic rings. The average Bonchev–Trinajstić information content (AvgIpc) is 2.78. The van der Waals surface area contributed by atoms with E-state index in [-0.39, 0.29) is 0 Å². The second-order valence-corrected chi connectivity index (χ2v) is 5.46. The molecule has 2 aliphatic heterocycles. The first-order valence-electron chi connectivity index (χ1n) is 6.59. The van der Waals surface area contributed by atoms with Gasteiger partial charge in [-0.3, -0.25) is 0 Å². The van der Waals surface area contributed by atoms with Crippen LogP contribution in [-0.4, -0.2) is 35.1 Å². The van der Waals surface area contributed by atoms with E-state index in [9.17, 15) is 0 Å². The van der Waals surface area contributed by atoms with Gasteiger partial charge in [-0.25, -0.2) is 4.98 Å². The maximum atomic E-state index is 5.48. The lowest BCUT2D eigenvalue weighted by atomic mass is 9.98. The molecule has 0 spiro atoms. The summed E-state index contributed by atoms with van der Waals surface area (Å²) in [5, 5.41) is 3.59. The van der Waals surface area contributed by atoms with Gasteiger partial charge in [-0.2, -0.15) is 0 Å². The van der Waals surface area contributed by atoms with Gasteiger partial charge in [0.05, 0.1) is 12.7 Å². The van der Waals surface area contributed by atoms with Crippen LogP contribution in [0, 0.1) is 6.92 Å². The number of rotatable bonds is 3. The summed E-state index contributed by atoms with van der Waals surface area (Å²) in [5.41, 5.74) is 0. The Morgan fingerprint density at radius 2 is 2.12 bits per heavy atom. The molecule has 0 radical (unpaired) electrons. The molecule has 2 fully saturated rings. The third-order valence-electron chi connectivity index (χ3n) is 4.31. The smallest absolute Gasteiger partial charge is 0.208 e. The zero-order chi connectivity index (χ0) is 11.8. The molecule has 94 valence electrons. The molecule has 2 bridgehead atoms. The maximum absolute atomic E-state index is 5.48. The molecule has 1 aromatic heterocycles. The Morgan fingerprint density at radius 3 is 2.71 bits per heavy atom. The Bertz CT molecular complexity index is 376. The summed E-state index contributed by atoms with van der Waals surface area (Å²) in [5.74, 6) is 1.71. The Kier molecular flexibility index (Phi) is 2.92. The number of piperidine rings is 1. The van der Waals surface area contributed by atoms with Crippen molar-refractivity contribution >= 4 is 0 Å². The molecule has 0 amide bonds. The monoisotopic (exact) mass is 235 g/mol. The van der Waals surface area contributed by atoms with E-state index in [1.54, 1.807) is 6.20 Å². The van der Waals surface area contributed by atoms with Crippen LogP contribution < -0.4 is 5.32 Å². The molecule has 2 atom stereocenters. The van der Waals surface area contributed by atoms with Crippen LogP contribution in [0.1, 0.15) is 37.3 Å². The number of nitrogens with one attached hydrogen (secondary N) is 1. The summed E-state index contributed by atoms with van der Waals surface area (Å²) in [7, 11) is 2.27. The van der Waals surface area contributed by atoms with Gasteiger partial charge in [0.2, 0.25) is 5.89 Å². The summed E-state index contributed by atoms with van der Waals surface area (Å²) in [6, 6.07) is 2.21. The molecule has 0 aliphatic carbocycles. The number of oxazole rings is 1. The van der Waals surface area contributed by atoms with Crippen LogP contribution in [0.25, 0.3) is 0 Å². The Labute approximate surface area is 102 Å². The first-order valence-corrected chi connectivity index (χ1v) is 6.59. The molecule has 4 heteroatoms. The zero-order valence-corrected chi connectivity index (χ0v) is 10.6. The van der Waals surface area contributed by atoms with Gasteiger partial charge in [0.15, 0.2) is 0 Å². The van der Waals surface area contributed by atoms with Crippen LogP contribution in [0.4, 0.5) is 0 Å². The second-order valence-electron chi connectivity index (χ2n) is 5.46. The Morgan fingerprint density at radius 1 is 1.41 bits per heavy atom. The zero-order valence-electron chi connectivity index (χ0n) is 10.6. The summed E-state index contributed by atoms with van der Waals surface area (Å²) in [6.07, 6.45) is 7.07. The summed E-state index contributed by atoms with van der Waals surface area (Å²) in [6.45, 7) is 2.70. The minimum Gasteiger partial charge on any atom is -0.445 e. The third-order valence-corrected chi connectivity index (χ3v) is 4.31. The first kappa shape index (κ1) is 11.2. The standard InChI is InChI=1S/C13H21N3O/c1-9-7-15-13(17-9)8-14-10-5-11-3-4-12(6-10)16(11)2/h7,10-12,14H,3-6,8H2,1-2H3. The van der Waals surface area contributed by atoms with Crippen molar-refractivity contribution in [1.29, 1.82) is 0 Å². The first-order chi connectivity index (χ1) is 8.22. The second kappa shape index (κ2) is 4.42. The van der Waals surface area contributed by atoms with E-state index in [2.05, 4.69) is 22.2 Å². The van der Waals surface area contributed by atoms with Gasteiger partial charge < -0.3 is 14.6 Å². The highest BCUT2D eigenvalue weighted by Crippen LogP contribution is 2.34. The fourth-order valence-corrected chi connectivity index (χ4v) is 3.29. The minimum absolute atomic E-state index is 0.635. The van der Waals surface area contributed by atoms with E-state index < -0.39 is 0 Å². The number of aryl methyl sites for hydroxylation is 1. The van der Waals surface area contributed by atoms with E-state index in [1.165, 1.54) is 25.7 Å². The molecule has 17 heavy (non-hydrogen) atoms. The van der Waals surface area contributed by atoms with Gasteiger partial charge in [0, 0.05) is 18.1 Å².